The van der Waals surface area contributed by atoms with Gasteiger partial charge in [-0.15, -0.1) is 0 Å². The van der Waals surface area contributed by atoms with Gasteiger partial charge in [-0.1, -0.05) is 48.3 Å². The predicted octanol–water partition coefficient (Wildman–Crippen LogP) is 5.08. The lowest BCUT2D eigenvalue weighted by Gasteiger charge is -2.22. The average molecular weight is 401 g/mol. The Hall–Kier alpha value is -2.41. The number of aromatic nitrogens is 1. The van der Waals surface area contributed by atoms with E-state index in [1.807, 2.05) is 32.9 Å². The molecule has 28 heavy (non-hydrogen) atoms. The van der Waals surface area contributed by atoms with E-state index in [9.17, 15) is 9.59 Å². The maximum Gasteiger partial charge on any atom is 0.321 e. The van der Waals surface area contributed by atoms with Crippen molar-refractivity contribution >= 4 is 34.1 Å². The van der Waals surface area contributed by atoms with E-state index in [1.165, 1.54) is 17.8 Å². The van der Waals surface area contributed by atoms with Gasteiger partial charge in [0, 0.05) is 11.7 Å². The van der Waals surface area contributed by atoms with Crippen molar-refractivity contribution in [2.45, 2.75) is 65.8 Å². The first-order valence-corrected chi connectivity index (χ1v) is 10.6. The summed E-state index contributed by atoms with van der Waals surface area (Å²) >= 11 is 1.20. The number of urea groups is 1. The molecule has 1 aliphatic carbocycles. The molecule has 1 fully saturated rings. The monoisotopic (exact) mass is 400 g/mol. The zero-order valence-corrected chi connectivity index (χ0v) is 17.8. The van der Waals surface area contributed by atoms with Crippen molar-refractivity contribution in [1.82, 2.24) is 10.3 Å². The molecular formula is C21H28N4O2S. The molecule has 3 rings (SSSR count). The summed E-state index contributed by atoms with van der Waals surface area (Å²) in [5.74, 6) is -0.203. The van der Waals surface area contributed by atoms with E-state index in [0.29, 0.717) is 15.7 Å². The van der Waals surface area contributed by atoms with Crippen LogP contribution in [0.5, 0.6) is 0 Å². The fourth-order valence-electron chi connectivity index (χ4n) is 3.77. The predicted molar refractivity (Wildman–Crippen MR) is 114 cm³/mol. The fraction of sp³-hybridized carbons (Fsp3) is 0.476. The number of thiazole rings is 1. The van der Waals surface area contributed by atoms with Crippen molar-refractivity contribution in [1.29, 1.82) is 0 Å². The molecule has 3 amide bonds. The summed E-state index contributed by atoms with van der Waals surface area (Å²) in [7, 11) is 0. The Labute approximate surface area is 170 Å². The number of hydrogen-bond donors (Lipinski definition) is 3. The molecule has 150 valence electrons. The maximum absolute atomic E-state index is 12.8. The van der Waals surface area contributed by atoms with Gasteiger partial charge < -0.3 is 10.6 Å². The average Bonchev–Trinajstić information content (AvgIpc) is 2.99. The Morgan fingerprint density at radius 1 is 1.00 bits per heavy atom. The highest BCUT2D eigenvalue weighted by Gasteiger charge is 2.20. The molecule has 0 bridgehead atoms. The van der Waals surface area contributed by atoms with Crippen molar-refractivity contribution < 1.29 is 9.59 Å². The zero-order valence-electron chi connectivity index (χ0n) is 16.9. The molecule has 0 atom stereocenters. The van der Waals surface area contributed by atoms with E-state index in [4.69, 9.17) is 0 Å². The number of rotatable bonds is 4. The van der Waals surface area contributed by atoms with Crippen LogP contribution in [0.1, 0.15) is 64.2 Å². The van der Waals surface area contributed by atoms with Crippen molar-refractivity contribution in [2.24, 2.45) is 0 Å². The Morgan fingerprint density at radius 2 is 1.64 bits per heavy atom. The number of carbonyl (C=O) groups is 2. The quantitative estimate of drug-likeness (QED) is 0.669. The first kappa shape index (κ1) is 20.3. The number of benzene rings is 1. The van der Waals surface area contributed by atoms with Crippen LogP contribution < -0.4 is 16.0 Å². The molecule has 0 radical (unpaired) electrons. The first-order chi connectivity index (χ1) is 13.3. The van der Waals surface area contributed by atoms with Crippen LogP contribution in [0.3, 0.4) is 0 Å². The Balaban J connectivity index is 1.66. The van der Waals surface area contributed by atoms with Crippen molar-refractivity contribution in [2.75, 3.05) is 10.6 Å². The lowest BCUT2D eigenvalue weighted by molar-refractivity contribution is 0.102. The van der Waals surface area contributed by atoms with Crippen LogP contribution in [0.2, 0.25) is 0 Å². The Kier molecular flexibility index (Phi) is 6.34. The smallest absolute Gasteiger partial charge is 0.321 e. The molecule has 2 aromatic rings. The summed E-state index contributed by atoms with van der Waals surface area (Å²) in [6.45, 7) is 7.79. The number of nitrogens with one attached hydrogen (secondary N) is 3. The van der Waals surface area contributed by atoms with Crippen LogP contribution >= 0.6 is 11.3 Å². The van der Waals surface area contributed by atoms with Gasteiger partial charge >= 0.3 is 6.03 Å². The summed E-state index contributed by atoms with van der Waals surface area (Å²) in [5.41, 5.74) is 4.65. The number of nitrogens with zero attached hydrogens (tertiary/aromatic N) is 1. The molecule has 6 nitrogen and oxygen atoms in total. The number of aryl methyl sites for hydroxylation is 4. The van der Waals surface area contributed by atoms with Crippen LogP contribution in [0.15, 0.2) is 12.1 Å². The lowest BCUT2D eigenvalue weighted by Crippen LogP contribution is -2.38. The van der Waals surface area contributed by atoms with Crippen LogP contribution in [0.4, 0.5) is 15.6 Å². The largest absolute Gasteiger partial charge is 0.335 e. The summed E-state index contributed by atoms with van der Waals surface area (Å²) in [4.78, 5) is 29.9. The van der Waals surface area contributed by atoms with Crippen molar-refractivity contribution in [3.05, 3.63) is 39.4 Å². The summed E-state index contributed by atoms with van der Waals surface area (Å²) in [6, 6.07) is 4.07. The van der Waals surface area contributed by atoms with Gasteiger partial charge in [0.05, 0.1) is 5.69 Å². The van der Waals surface area contributed by atoms with Gasteiger partial charge in [0.25, 0.3) is 5.91 Å². The maximum atomic E-state index is 12.8. The van der Waals surface area contributed by atoms with E-state index in [2.05, 4.69) is 20.9 Å². The van der Waals surface area contributed by atoms with E-state index >= 15 is 0 Å². The third-order valence-electron chi connectivity index (χ3n) is 5.08. The van der Waals surface area contributed by atoms with Gasteiger partial charge in [-0.25, -0.2) is 9.78 Å². The number of hydrogen-bond acceptors (Lipinski definition) is 4. The minimum atomic E-state index is -0.252. The van der Waals surface area contributed by atoms with E-state index in [0.717, 1.165) is 48.1 Å². The van der Waals surface area contributed by atoms with Crippen molar-refractivity contribution in [3.63, 3.8) is 0 Å². The fourth-order valence-corrected chi connectivity index (χ4v) is 4.63. The molecule has 0 aliphatic heterocycles. The number of anilines is 2. The topological polar surface area (TPSA) is 83.1 Å². The first-order valence-electron chi connectivity index (χ1n) is 9.77. The minimum absolute atomic E-state index is 0.203. The highest BCUT2D eigenvalue weighted by molar-refractivity contribution is 7.17. The molecule has 1 aliphatic rings. The van der Waals surface area contributed by atoms with Crippen LogP contribution in [-0.4, -0.2) is 23.0 Å². The van der Waals surface area contributed by atoms with Gasteiger partial charge in [0.1, 0.15) is 4.88 Å². The van der Waals surface area contributed by atoms with Crippen LogP contribution in [0.25, 0.3) is 0 Å². The normalized spacial score (nSPS) is 14.6. The molecule has 0 spiro atoms. The van der Waals surface area contributed by atoms with Gasteiger partial charge in [0.15, 0.2) is 5.13 Å². The van der Waals surface area contributed by atoms with Gasteiger partial charge in [-0.2, -0.15) is 0 Å². The Bertz CT molecular complexity index is 862. The number of carbonyl (C=O) groups excluding carboxylic acids is 2. The van der Waals surface area contributed by atoms with Crippen LogP contribution in [-0.2, 0) is 0 Å². The highest BCUT2D eigenvalue weighted by Crippen LogP contribution is 2.27. The SMILES string of the molecule is Cc1cc(C)c(NC(=O)c2sc(NC(=O)NC3CCCCC3)nc2C)c(C)c1. The lowest BCUT2D eigenvalue weighted by atomic mass is 9.96. The molecule has 1 saturated carbocycles. The van der Waals surface area contributed by atoms with Gasteiger partial charge in [-0.05, 0) is 51.7 Å². The second-order valence-corrected chi connectivity index (χ2v) is 8.59. The third-order valence-corrected chi connectivity index (χ3v) is 6.15. The van der Waals surface area contributed by atoms with Crippen molar-refractivity contribution in [3.8, 4) is 0 Å². The molecule has 1 aromatic carbocycles. The third kappa shape index (κ3) is 4.90. The molecule has 7 heteroatoms. The molecule has 3 N–H and O–H groups in total. The van der Waals surface area contributed by atoms with E-state index in [-0.39, 0.29) is 18.0 Å². The number of amides is 3. The minimum Gasteiger partial charge on any atom is -0.335 e. The summed E-state index contributed by atoms with van der Waals surface area (Å²) in [6.07, 6.45) is 5.59. The van der Waals surface area contributed by atoms with E-state index < -0.39 is 0 Å². The standard InChI is InChI=1S/C21H28N4O2S/c1-12-10-13(2)17(14(3)11-12)24-19(26)18-15(4)22-21(28-18)25-20(27)23-16-8-6-5-7-9-16/h10-11,16H,5-9H2,1-4H3,(H,24,26)(H2,22,23,25,27). The molecule has 1 heterocycles. The van der Waals surface area contributed by atoms with Gasteiger partial charge in [0.2, 0.25) is 0 Å². The summed E-state index contributed by atoms with van der Waals surface area (Å²) in [5, 5.41) is 9.21. The Morgan fingerprint density at radius 3 is 2.29 bits per heavy atom. The zero-order chi connectivity index (χ0) is 20.3. The summed E-state index contributed by atoms with van der Waals surface area (Å²) < 4.78 is 0. The van der Waals surface area contributed by atoms with Crippen LogP contribution in [0, 0.1) is 27.7 Å². The van der Waals surface area contributed by atoms with E-state index in [1.54, 1.807) is 6.92 Å². The van der Waals surface area contributed by atoms with Gasteiger partial charge in [-0.3, -0.25) is 10.1 Å². The molecular weight excluding hydrogens is 372 g/mol. The highest BCUT2D eigenvalue weighted by atomic mass is 32.1. The molecule has 0 saturated heterocycles. The molecule has 0 unspecified atom stereocenters. The molecule has 1 aromatic heterocycles. The second kappa shape index (κ2) is 8.73. The second-order valence-electron chi connectivity index (χ2n) is 7.59.